The second-order valence-electron chi connectivity index (χ2n) is 12.0. The van der Waals surface area contributed by atoms with E-state index in [0.29, 0.717) is 50.9 Å². The van der Waals surface area contributed by atoms with Gasteiger partial charge in [0, 0.05) is 57.9 Å². The minimum Gasteiger partial charge on any atom is -0.495 e. The molecule has 234 valence electrons. The van der Waals surface area contributed by atoms with E-state index in [-0.39, 0.29) is 33.5 Å². The number of rotatable bonds is 8. The molecule has 0 aromatic heterocycles. The van der Waals surface area contributed by atoms with Gasteiger partial charge >= 0.3 is 0 Å². The van der Waals surface area contributed by atoms with Gasteiger partial charge in [-0.2, -0.15) is 4.31 Å². The third-order valence-corrected chi connectivity index (χ3v) is 11.4. The molecule has 3 aliphatic heterocycles. The monoisotopic (exact) mass is 640 g/mol. The number of likely N-dealkylation sites (tertiary alicyclic amines) is 1. The fourth-order valence-electron chi connectivity index (χ4n) is 6.90. The molecular formula is C33H38ClFN4O4S. The molecule has 11 heteroatoms. The van der Waals surface area contributed by atoms with E-state index in [2.05, 4.69) is 28.9 Å². The number of fused-ring (bicyclic) bond motifs is 2. The van der Waals surface area contributed by atoms with Crippen LogP contribution in [0.4, 0.5) is 10.1 Å². The highest BCUT2D eigenvalue weighted by Crippen LogP contribution is 2.41. The smallest absolute Gasteiger partial charge is 0.255 e. The van der Waals surface area contributed by atoms with Crippen LogP contribution in [0.15, 0.2) is 71.6 Å². The summed E-state index contributed by atoms with van der Waals surface area (Å²) in [7, 11) is -2.14. The molecule has 44 heavy (non-hydrogen) atoms. The lowest BCUT2D eigenvalue weighted by atomic mass is 10.0. The Labute approximate surface area is 264 Å². The fraction of sp³-hybridized carbons (Fsp3) is 0.424. The summed E-state index contributed by atoms with van der Waals surface area (Å²) >= 11 is 6.20. The maximum Gasteiger partial charge on any atom is 0.255 e. The molecule has 3 heterocycles. The van der Waals surface area contributed by atoms with E-state index >= 15 is 0 Å². The summed E-state index contributed by atoms with van der Waals surface area (Å²) in [6, 6.07) is 19.3. The van der Waals surface area contributed by atoms with E-state index < -0.39 is 15.8 Å². The number of anilines is 1. The Morgan fingerprint density at radius 3 is 2.30 bits per heavy atom. The molecule has 3 saturated heterocycles. The Balaban J connectivity index is 1.16. The van der Waals surface area contributed by atoms with Crippen LogP contribution in [0.2, 0.25) is 5.02 Å². The number of benzene rings is 3. The summed E-state index contributed by atoms with van der Waals surface area (Å²) in [4.78, 5) is 19.9. The first-order chi connectivity index (χ1) is 21.2. The van der Waals surface area contributed by atoms with Gasteiger partial charge in [-0.25, -0.2) is 12.8 Å². The maximum atomic E-state index is 13.9. The number of nitrogens with zero attached hydrogens (tertiary/aromatic N) is 4. The standard InChI is InChI=1S/C33H38ClFN4O4S/c1-23(24-6-4-3-5-7-24)20-36-14-16-38(17-15-36)44(41,42)28-11-13-32(43-2)31(19-28)39-26-9-10-27(39)22-37(21-26)33(40)29-12-8-25(35)18-30(29)34/h3-8,11-13,18-19,23,26-27H,9-10,14-17,20-22H2,1-2H3. The molecule has 3 fully saturated rings. The fourth-order valence-corrected chi connectivity index (χ4v) is 8.59. The van der Waals surface area contributed by atoms with Crippen molar-refractivity contribution in [3.63, 3.8) is 0 Å². The van der Waals surface area contributed by atoms with Gasteiger partial charge in [-0.1, -0.05) is 48.9 Å². The van der Waals surface area contributed by atoms with E-state index in [1.807, 2.05) is 18.2 Å². The number of methoxy groups -OCH3 is 1. The summed E-state index contributed by atoms with van der Waals surface area (Å²) in [5.74, 6) is 0.245. The van der Waals surface area contributed by atoms with Gasteiger partial charge in [0.15, 0.2) is 0 Å². The number of piperazine rings is 2. The summed E-state index contributed by atoms with van der Waals surface area (Å²) in [5.41, 5.74) is 2.29. The lowest BCUT2D eigenvalue weighted by Crippen LogP contribution is -2.55. The molecule has 0 N–H and O–H groups in total. The molecule has 3 aliphatic rings. The van der Waals surface area contributed by atoms with Crippen molar-refractivity contribution in [1.29, 1.82) is 0 Å². The minimum absolute atomic E-state index is 0.0149. The number of hydrogen-bond donors (Lipinski definition) is 0. The minimum atomic E-state index is -3.72. The zero-order valence-corrected chi connectivity index (χ0v) is 26.6. The Kier molecular flexibility index (Phi) is 8.88. The van der Waals surface area contributed by atoms with Crippen LogP contribution >= 0.6 is 11.6 Å². The Morgan fingerprint density at radius 2 is 1.66 bits per heavy atom. The van der Waals surface area contributed by atoms with Crippen molar-refractivity contribution in [3.8, 4) is 5.75 Å². The van der Waals surface area contributed by atoms with E-state index in [1.165, 1.54) is 17.7 Å². The molecule has 0 spiro atoms. The molecule has 6 rings (SSSR count). The first kappa shape index (κ1) is 30.8. The second-order valence-corrected chi connectivity index (χ2v) is 14.3. The molecule has 3 atom stereocenters. The topological polar surface area (TPSA) is 73.4 Å². The third kappa shape index (κ3) is 6.05. The number of carbonyl (C=O) groups excluding carboxylic acids is 1. The van der Waals surface area contributed by atoms with Crippen molar-refractivity contribution in [3.05, 3.63) is 88.7 Å². The van der Waals surface area contributed by atoms with Crippen LogP contribution in [0.1, 0.15) is 41.6 Å². The van der Waals surface area contributed by atoms with Gasteiger partial charge in [0.1, 0.15) is 11.6 Å². The van der Waals surface area contributed by atoms with E-state index in [4.69, 9.17) is 16.3 Å². The first-order valence-corrected chi connectivity index (χ1v) is 17.0. The largest absolute Gasteiger partial charge is 0.495 e. The maximum absolute atomic E-state index is 13.9. The molecule has 3 aromatic rings. The molecular weight excluding hydrogens is 603 g/mol. The molecule has 0 saturated carbocycles. The Morgan fingerprint density at radius 1 is 0.977 bits per heavy atom. The van der Waals surface area contributed by atoms with Crippen LogP contribution in [-0.4, -0.2) is 93.4 Å². The number of sulfonamides is 1. The summed E-state index contributed by atoms with van der Waals surface area (Å²) in [6.45, 7) is 6.22. The zero-order valence-electron chi connectivity index (χ0n) is 25.0. The van der Waals surface area contributed by atoms with Gasteiger partial charge in [-0.15, -0.1) is 0 Å². The summed E-state index contributed by atoms with van der Waals surface area (Å²) in [6.07, 6.45) is 1.71. The predicted molar refractivity (Wildman–Crippen MR) is 170 cm³/mol. The van der Waals surface area contributed by atoms with Gasteiger partial charge in [0.2, 0.25) is 10.0 Å². The molecule has 0 radical (unpaired) electrons. The van der Waals surface area contributed by atoms with Crippen LogP contribution < -0.4 is 9.64 Å². The quantitative estimate of drug-likeness (QED) is 0.342. The third-order valence-electron chi connectivity index (χ3n) is 9.23. The SMILES string of the molecule is COc1ccc(S(=O)(=O)N2CCN(CC(C)c3ccccc3)CC2)cc1N1C2CCC1CN(C(=O)c1ccc(F)cc1Cl)C2. The molecule has 2 bridgehead atoms. The van der Waals surface area contributed by atoms with Crippen LogP contribution in [0.3, 0.4) is 0 Å². The number of amides is 1. The van der Waals surface area contributed by atoms with Crippen LogP contribution in [0.5, 0.6) is 5.75 Å². The average Bonchev–Trinajstić information content (AvgIpc) is 3.29. The van der Waals surface area contributed by atoms with E-state index in [9.17, 15) is 17.6 Å². The lowest BCUT2D eigenvalue weighted by Gasteiger charge is -2.43. The van der Waals surface area contributed by atoms with E-state index in [0.717, 1.165) is 31.1 Å². The van der Waals surface area contributed by atoms with Crippen LogP contribution in [0, 0.1) is 5.82 Å². The van der Waals surface area contributed by atoms with E-state index in [1.54, 1.807) is 34.5 Å². The number of ether oxygens (including phenoxy) is 1. The summed E-state index contributed by atoms with van der Waals surface area (Å²) < 4.78 is 48.6. The van der Waals surface area contributed by atoms with Crippen molar-refractivity contribution in [2.24, 2.45) is 0 Å². The number of carbonyl (C=O) groups is 1. The first-order valence-electron chi connectivity index (χ1n) is 15.1. The van der Waals surface area contributed by atoms with Gasteiger partial charge in [0.25, 0.3) is 5.91 Å². The Bertz CT molecular complexity index is 1600. The van der Waals surface area contributed by atoms with Crippen molar-refractivity contribution in [2.45, 2.75) is 42.7 Å². The van der Waals surface area contributed by atoms with Crippen molar-refractivity contribution in [2.75, 3.05) is 57.8 Å². The van der Waals surface area contributed by atoms with Crippen molar-refractivity contribution >= 4 is 33.2 Å². The van der Waals surface area contributed by atoms with Crippen molar-refractivity contribution < 1.29 is 22.3 Å². The highest BCUT2D eigenvalue weighted by molar-refractivity contribution is 7.89. The van der Waals surface area contributed by atoms with Crippen molar-refractivity contribution in [1.82, 2.24) is 14.1 Å². The molecule has 8 nitrogen and oxygen atoms in total. The van der Waals surface area contributed by atoms with Gasteiger partial charge in [-0.05, 0) is 60.7 Å². The summed E-state index contributed by atoms with van der Waals surface area (Å²) in [5, 5.41) is 0.0934. The predicted octanol–water partition coefficient (Wildman–Crippen LogP) is 5.09. The highest BCUT2D eigenvalue weighted by Gasteiger charge is 2.43. The molecule has 0 aliphatic carbocycles. The zero-order chi connectivity index (χ0) is 31.0. The van der Waals surface area contributed by atoms with Crippen LogP contribution in [-0.2, 0) is 10.0 Å². The second kappa shape index (κ2) is 12.7. The molecule has 3 aromatic carbocycles. The van der Waals surface area contributed by atoms with Gasteiger partial charge in [0.05, 0.1) is 28.3 Å². The molecule has 3 unspecified atom stereocenters. The normalized spacial score (nSPS) is 21.8. The Hall–Kier alpha value is -3.18. The van der Waals surface area contributed by atoms with Gasteiger partial charge < -0.3 is 19.4 Å². The van der Waals surface area contributed by atoms with Crippen LogP contribution in [0.25, 0.3) is 0 Å². The highest BCUT2D eigenvalue weighted by atomic mass is 35.5. The lowest BCUT2D eigenvalue weighted by molar-refractivity contribution is 0.0718. The molecule has 1 amide bonds. The average molecular weight is 641 g/mol. The number of halogens is 2. The van der Waals surface area contributed by atoms with Gasteiger partial charge in [-0.3, -0.25) is 4.79 Å². The number of hydrogen-bond acceptors (Lipinski definition) is 6.